The lowest BCUT2D eigenvalue weighted by Crippen LogP contribution is -2.34. The van der Waals surface area contributed by atoms with E-state index in [0.717, 1.165) is 0 Å². The summed E-state index contributed by atoms with van der Waals surface area (Å²) in [6.07, 6.45) is 1.44. The van der Waals surface area contributed by atoms with Crippen LogP contribution in [0.15, 0.2) is 47.1 Å². The number of ether oxygens (including phenoxy) is 1. The Morgan fingerprint density at radius 2 is 1.89 bits per heavy atom. The lowest BCUT2D eigenvalue weighted by molar-refractivity contribution is -0.161. The quantitative estimate of drug-likeness (QED) is 0.855. The van der Waals surface area contributed by atoms with Crippen molar-refractivity contribution in [2.24, 2.45) is 5.73 Å². The zero-order valence-electron chi connectivity index (χ0n) is 9.75. The monoisotopic (exact) mass is 305 g/mol. The first-order chi connectivity index (χ1) is 8.92. The summed E-state index contributed by atoms with van der Waals surface area (Å²) >= 11 is 12.3. The van der Waals surface area contributed by atoms with Gasteiger partial charge in [-0.1, -0.05) is 53.5 Å². The maximum Gasteiger partial charge on any atom is 0.347 e. The molecule has 0 bridgehead atoms. The molecule has 102 valence electrons. The minimum atomic E-state index is -3.02. The third-order valence-corrected chi connectivity index (χ3v) is 3.40. The first-order valence-electron chi connectivity index (χ1n) is 5.49. The number of halogens is 4. The molecular formula is C13H11Cl2F2NO. The third-order valence-electron chi connectivity index (χ3n) is 2.69. The number of hydrogen-bond acceptors (Lipinski definition) is 2. The van der Waals surface area contributed by atoms with E-state index < -0.39 is 11.7 Å². The fourth-order valence-corrected chi connectivity index (χ4v) is 2.90. The lowest BCUT2D eigenvalue weighted by atomic mass is 9.92. The molecule has 1 aliphatic carbocycles. The van der Waals surface area contributed by atoms with Gasteiger partial charge in [-0.2, -0.15) is 8.78 Å². The maximum atomic E-state index is 12.6. The van der Waals surface area contributed by atoms with Gasteiger partial charge >= 0.3 is 6.61 Å². The molecule has 0 saturated heterocycles. The van der Waals surface area contributed by atoms with Gasteiger partial charge in [0, 0.05) is 17.7 Å². The van der Waals surface area contributed by atoms with Crippen LogP contribution in [0.1, 0.15) is 12.0 Å². The van der Waals surface area contributed by atoms with Gasteiger partial charge in [-0.25, -0.2) is 0 Å². The van der Waals surface area contributed by atoms with Gasteiger partial charge in [0.15, 0.2) is 5.06 Å². The zero-order chi connectivity index (χ0) is 14.0. The Labute approximate surface area is 119 Å². The van der Waals surface area contributed by atoms with Gasteiger partial charge in [-0.3, -0.25) is 4.74 Å². The Bertz CT molecular complexity index is 531. The molecule has 1 aromatic rings. The number of hydrogen-bond donors (Lipinski definition) is 1. The molecule has 0 spiro atoms. The molecule has 0 aromatic heterocycles. The summed E-state index contributed by atoms with van der Waals surface area (Å²) in [5, 5.41) is -1.56. The number of nitrogens with two attached hydrogens (primary N) is 1. The highest BCUT2D eigenvalue weighted by atomic mass is 35.5. The lowest BCUT2D eigenvalue weighted by Gasteiger charge is -2.33. The van der Waals surface area contributed by atoms with E-state index in [2.05, 4.69) is 4.74 Å². The second-order valence-electron chi connectivity index (χ2n) is 4.09. The summed E-state index contributed by atoms with van der Waals surface area (Å²) < 4.78 is 29.7. The smallest absolute Gasteiger partial charge is 0.347 e. The zero-order valence-corrected chi connectivity index (χ0v) is 11.3. The molecule has 2 rings (SSSR count). The normalized spacial score (nSPS) is 23.7. The summed E-state index contributed by atoms with van der Waals surface area (Å²) in [5.41, 5.74) is 6.86. The molecule has 1 unspecified atom stereocenters. The molecule has 1 aromatic carbocycles. The van der Waals surface area contributed by atoms with Crippen LogP contribution < -0.4 is 5.73 Å². The minimum absolute atomic E-state index is 0.0562. The van der Waals surface area contributed by atoms with Gasteiger partial charge < -0.3 is 5.73 Å². The van der Waals surface area contributed by atoms with Crippen molar-refractivity contribution in [2.75, 3.05) is 0 Å². The van der Waals surface area contributed by atoms with Crippen LogP contribution in [0.25, 0.3) is 5.57 Å². The van der Waals surface area contributed by atoms with Crippen LogP contribution in [-0.2, 0) is 4.74 Å². The van der Waals surface area contributed by atoms with Gasteiger partial charge in [-0.05, 0) is 11.6 Å². The van der Waals surface area contributed by atoms with Gasteiger partial charge in [0.2, 0.25) is 0 Å². The summed E-state index contributed by atoms with van der Waals surface area (Å²) in [6, 6.07) is 8.76. The molecule has 6 heteroatoms. The van der Waals surface area contributed by atoms with Gasteiger partial charge in [0.05, 0.1) is 5.03 Å². The predicted molar refractivity (Wildman–Crippen MR) is 71.8 cm³/mol. The standard InChI is InChI=1S/C13H11Cl2F2NO/c14-10-6-9(18)7-13(15,19-12(16)17)11(10)8-4-2-1-3-5-8/h1-6,12H,7,18H2. The number of rotatable bonds is 3. The highest BCUT2D eigenvalue weighted by Gasteiger charge is 2.41. The Morgan fingerprint density at radius 3 is 2.47 bits per heavy atom. The van der Waals surface area contributed by atoms with Crippen LogP contribution in [0.4, 0.5) is 8.78 Å². The Kier molecular flexibility index (Phi) is 4.13. The Balaban J connectivity index is 2.53. The fourth-order valence-electron chi connectivity index (χ4n) is 2.02. The third kappa shape index (κ3) is 3.08. The number of allylic oxidation sites excluding steroid dienone is 2. The summed E-state index contributed by atoms with van der Waals surface area (Å²) in [4.78, 5) is 0. The maximum absolute atomic E-state index is 12.6. The van der Waals surface area contributed by atoms with Gasteiger partial charge in [-0.15, -0.1) is 0 Å². The van der Waals surface area contributed by atoms with E-state index >= 15 is 0 Å². The van der Waals surface area contributed by atoms with Crippen LogP contribution in [0, 0.1) is 0 Å². The second kappa shape index (κ2) is 5.49. The van der Waals surface area contributed by atoms with Gasteiger partial charge in [0.1, 0.15) is 0 Å². The largest absolute Gasteiger partial charge is 0.402 e. The van der Waals surface area contributed by atoms with E-state index in [1.807, 2.05) is 0 Å². The van der Waals surface area contributed by atoms with E-state index in [4.69, 9.17) is 28.9 Å². The highest BCUT2D eigenvalue weighted by molar-refractivity contribution is 6.39. The van der Waals surface area contributed by atoms with Crippen molar-refractivity contribution in [2.45, 2.75) is 18.1 Å². The van der Waals surface area contributed by atoms with Gasteiger partial charge in [0.25, 0.3) is 0 Å². The van der Waals surface area contributed by atoms with Crippen molar-refractivity contribution in [1.82, 2.24) is 0 Å². The minimum Gasteiger partial charge on any atom is -0.402 e. The summed E-state index contributed by atoms with van der Waals surface area (Å²) in [7, 11) is 0. The van der Waals surface area contributed by atoms with E-state index in [1.165, 1.54) is 6.08 Å². The molecule has 2 nitrogen and oxygen atoms in total. The topological polar surface area (TPSA) is 35.2 Å². The van der Waals surface area contributed by atoms with E-state index in [-0.39, 0.29) is 11.5 Å². The number of benzene rings is 1. The molecule has 0 fully saturated rings. The van der Waals surface area contributed by atoms with Crippen molar-refractivity contribution in [3.63, 3.8) is 0 Å². The molecule has 2 N–H and O–H groups in total. The van der Waals surface area contributed by atoms with E-state index in [9.17, 15) is 8.78 Å². The Morgan fingerprint density at radius 1 is 1.26 bits per heavy atom. The molecule has 0 aliphatic heterocycles. The molecule has 19 heavy (non-hydrogen) atoms. The first-order valence-corrected chi connectivity index (χ1v) is 6.24. The molecule has 1 aliphatic rings. The average molecular weight is 306 g/mol. The van der Waals surface area contributed by atoms with Crippen LogP contribution in [0.3, 0.4) is 0 Å². The van der Waals surface area contributed by atoms with Crippen LogP contribution in [0.2, 0.25) is 0 Å². The molecule has 0 heterocycles. The van der Waals surface area contributed by atoms with E-state index in [1.54, 1.807) is 30.3 Å². The van der Waals surface area contributed by atoms with Crippen molar-refractivity contribution >= 4 is 28.8 Å². The van der Waals surface area contributed by atoms with Crippen molar-refractivity contribution in [1.29, 1.82) is 0 Å². The first kappa shape index (κ1) is 14.3. The second-order valence-corrected chi connectivity index (χ2v) is 5.11. The van der Waals surface area contributed by atoms with Crippen molar-refractivity contribution in [3.8, 4) is 0 Å². The Hall–Kier alpha value is -1.10. The van der Waals surface area contributed by atoms with Crippen molar-refractivity contribution in [3.05, 3.63) is 52.7 Å². The molecular weight excluding hydrogens is 295 g/mol. The molecule has 0 saturated carbocycles. The number of alkyl halides is 3. The molecule has 1 atom stereocenters. The molecule has 0 amide bonds. The van der Waals surface area contributed by atoms with Crippen molar-refractivity contribution < 1.29 is 13.5 Å². The summed E-state index contributed by atoms with van der Waals surface area (Å²) in [6.45, 7) is -3.02. The predicted octanol–water partition coefficient (Wildman–Crippen LogP) is 4.06. The SMILES string of the molecule is NC1=CC(Cl)=C(c2ccccc2)C(Cl)(OC(F)F)C1. The average Bonchev–Trinajstić information content (AvgIpc) is 2.27. The highest BCUT2D eigenvalue weighted by Crippen LogP contribution is 2.46. The summed E-state index contributed by atoms with van der Waals surface area (Å²) in [5.74, 6) is 0. The van der Waals surface area contributed by atoms with Crippen LogP contribution in [0.5, 0.6) is 0 Å². The fraction of sp³-hybridized carbons (Fsp3) is 0.231. The van der Waals surface area contributed by atoms with Crippen LogP contribution in [-0.4, -0.2) is 11.7 Å². The molecule has 0 radical (unpaired) electrons. The van der Waals surface area contributed by atoms with Crippen LogP contribution >= 0.6 is 23.2 Å². The van der Waals surface area contributed by atoms with E-state index in [0.29, 0.717) is 16.8 Å².